The molecule has 9 heteroatoms. The van der Waals surface area contributed by atoms with Crippen molar-refractivity contribution in [3.05, 3.63) is 11.0 Å². The van der Waals surface area contributed by atoms with Gasteiger partial charge in [-0.3, -0.25) is 4.57 Å². The first-order chi connectivity index (χ1) is 8.45. The summed E-state index contributed by atoms with van der Waals surface area (Å²) in [5, 5.41) is 28.5. The van der Waals surface area contributed by atoms with Crippen molar-refractivity contribution in [2.45, 2.75) is 24.5 Å². The first kappa shape index (κ1) is 13.2. The summed E-state index contributed by atoms with van der Waals surface area (Å²) in [4.78, 5) is 3.82. The molecule has 1 aliphatic rings. The molecule has 7 N–H and O–H groups in total. The number of aromatic nitrogens is 2. The lowest BCUT2D eigenvalue weighted by atomic mass is 10.1. The fourth-order valence-electron chi connectivity index (χ4n) is 1.79. The number of rotatable bonds is 2. The van der Waals surface area contributed by atoms with Crippen molar-refractivity contribution in [3.8, 4) is 0 Å². The second-order valence-electron chi connectivity index (χ2n) is 4.00. The molecule has 1 aromatic heterocycles. The van der Waals surface area contributed by atoms with Gasteiger partial charge in [0.2, 0.25) is 4.77 Å². The lowest BCUT2D eigenvalue weighted by Crippen LogP contribution is -2.33. The smallest absolute Gasteiger partial charge is 0.203 e. The number of aliphatic hydroxyl groups is 3. The minimum atomic E-state index is -1.24. The SMILES string of the molecule is Nc1cn(C2OC(CO)C(O)C2O)c(=S)nc1N. The normalized spacial score (nSPS) is 31.7. The van der Waals surface area contributed by atoms with E-state index in [-0.39, 0.29) is 16.3 Å². The van der Waals surface area contributed by atoms with E-state index in [1.165, 1.54) is 10.8 Å². The van der Waals surface area contributed by atoms with Gasteiger partial charge in [-0.25, -0.2) is 4.98 Å². The number of ether oxygens (including phenoxy) is 1. The van der Waals surface area contributed by atoms with E-state index in [2.05, 4.69) is 4.98 Å². The average molecular weight is 274 g/mol. The summed E-state index contributed by atoms with van der Waals surface area (Å²) in [7, 11) is 0. The molecule has 0 radical (unpaired) electrons. The molecule has 8 nitrogen and oxygen atoms in total. The van der Waals surface area contributed by atoms with Gasteiger partial charge < -0.3 is 31.5 Å². The van der Waals surface area contributed by atoms with Crippen molar-refractivity contribution in [2.75, 3.05) is 18.1 Å². The number of nitrogen functional groups attached to an aromatic ring is 2. The summed E-state index contributed by atoms with van der Waals surface area (Å²) < 4.78 is 6.67. The van der Waals surface area contributed by atoms with E-state index in [9.17, 15) is 10.2 Å². The van der Waals surface area contributed by atoms with Gasteiger partial charge in [-0.1, -0.05) is 0 Å². The van der Waals surface area contributed by atoms with Crippen molar-refractivity contribution in [1.29, 1.82) is 0 Å². The summed E-state index contributed by atoms with van der Waals surface area (Å²) in [6, 6.07) is 0. The topological polar surface area (TPSA) is 140 Å². The molecule has 0 saturated carbocycles. The first-order valence-electron chi connectivity index (χ1n) is 5.22. The number of hydrogen-bond donors (Lipinski definition) is 5. The van der Waals surface area contributed by atoms with E-state index in [0.29, 0.717) is 0 Å². The summed E-state index contributed by atoms with van der Waals surface area (Å²) in [5.74, 6) is 0.0861. The highest BCUT2D eigenvalue weighted by molar-refractivity contribution is 7.71. The fraction of sp³-hybridized carbons (Fsp3) is 0.556. The first-order valence-corrected chi connectivity index (χ1v) is 5.63. The van der Waals surface area contributed by atoms with Crippen LogP contribution in [0.2, 0.25) is 0 Å². The number of aliphatic hydroxyl groups excluding tert-OH is 3. The molecule has 0 aromatic carbocycles. The molecule has 2 heterocycles. The third-order valence-electron chi connectivity index (χ3n) is 2.80. The van der Waals surface area contributed by atoms with Crippen molar-refractivity contribution >= 4 is 23.7 Å². The summed E-state index contributed by atoms with van der Waals surface area (Å²) in [6.45, 7) is -0.417. The molecular weight excluding hydrogens is 260 g/mol. The second kappa shape index (κ2) is 4.78. The van der Waals surface area contributed by atoms with Crippen LogP contribution in [0.25, 0.3) is 0 Å². The lowest BCUT2D eigenvalue weighted by Gasteiger charge is -2.18. The molecule has 18 heavy (non-hydrogen) atoms. The van der Waals surface area contributed by atoms with Gasteiger partial charge >= 0.3 is 0 Å². The minimum absolute atomic E-state index is 0.0662. The number of anilines is 2. The van der Waals surface area contributed by atoms with Gasteiger partial charge in [-0.2, -0.15) is 0 Å². The standard InChI is InChI=1S/C9H14N4O4S/c10-3-1-13(9(18)12-7(3)11)8-6(16)5(15)4(2-14)17-8/h1,4-6,8,14-16H,2,10H2,(H2,11,12,18). The second-order valence-corrected chi connectivity index (χ2v) is 4.37. The van der Waals surface area contributed by atoms with Gasteiger partial charge in [0.25, 0.3) is 0 Å². The van der Waals surface area contributed by atoms with Crippen molar-refractivity contribution < 1.29 is 20.1 Å². The molecule has 0 aliphatic carbocycles. The Morgan fingerprint density at radius 3 is 2.61 bits per heavy atom. The van der Waals surface area contributed by atoms with Crippen LogP contribution >= 0.6 is 12.2 Å². The van der Waals surface area contributed by atoms with Crippen LogP contribution < -0.4 is 11.5 Å². The van der Waals surface area contributed by atoms with Crippen LogP contribution in [0.3, 0.4) is 0 Å². The Balaban J connectivity index is 2.39. The van der Waals surface area contributed by atoms with Gasteiger partial charge in [0.15, 0.2) is 12.0 Å². The molecule has 1 fully saturated rings. The maximum atomic E-state index is 9.84. The maximum Gasteiger partial charge on any atom is 0.203 e. The molecule has 4 atom stereocenters. The van der Waals surface area contributed by atoms with Crippen LogP contribution in [0.4, 0.5) is 11.5 Å². The Bertz CT molecular complexity index is 508. The van der Waals surface area contributed by atoms with Crippen molar-refractivity contribution in [3.63, 3.8) is 0 Å². The Hall–Kier alpha value is -1.26. The Morgan fingerprint density at radius 1 is 1.39 bits per heavy atom. The summed E-state index contributed by atoms with van der Waals surface area (Å²) in [5.41, 5.74) is 11.3. The molecule has 0 bridgehead atoms. The van der Waals surface area contributed by atoms with Gasteiger partial charge in [0.1, 0.15) is 18.3 Å². The zero-order valence-corrected chi connectivity index (χ0v) is 10.1. The summed E-state index contributed by atoms with van der Waals surface area (Å²) >= 11 is 4.98. The average Bonchev–Trinajstić information content (AvgIpc) is 2.61. The Labute approximate surface area is 107 Å². The van der Waals surface area contributed by atoms with E-state index in [1.54, 1.807) is 0 Å². The number of nitrogens with two attached hydrogens (primary N) is 2. The van der Waals surface area contributed by atoms with Crippen LogP contribution in [0.1, 0.15) is 6.23 Å². The van der Waals surface area contributed by atoms with Crippen LogP contribution in [0, 0.1) is 4.77 Å². The van der Waals surface area contributed by atoms with Gasteiger partial charge in [0, 0.05) is 6.20 Å². The van der Waals surface area contributed by atoms with Crippen molar-refractivity contribution in [2.24, 2.45) is 0 Å². The fourth-order valence-corrected chi connectivity index (χ4v) is 2.04. The van der Waals surface area contributed by atoms with Crippen LogP contribution in [0.15, 0.2) is 6.20 Å². The van der Waals surface area contributed by atoms with Gasteiger partial charge in [-0.05, 0) is 12.2 Å². The minimum Gasteiger partial charge on any atom is -0.395 e. The monoisotopic (exact) mass is 274 g/mol. The van der Waals surface area contributed by atoms with E-state index < -0.39 is 31.1 Å². The van der Waals surface area contributed by atoms with Gasteiger partial charge in [-0.15, -0.1) is 0 Å². The van der Waals surface area contributed by atoms with E-state index >= 15 is 0 Å². The highest BCUT2D eigenvalue weighted by Gasteiger charge is 2.43. The van der Waals surface area contributed by atoms with E-state index in [1.807, 2.05) is 0 Å². The Morgan fingerprint density at radius 2 is 2.06 bits per heavy atom. The molecule has 4 unspecified atom stereocenters. The molecule has 1 aliphatic heterocycles. The number of hydrogen-bond acceptors (Lipinski definition) is 8. The highest BCUT2D eigenvalue weighted by atomic mass is 32.1. The molecule has 0 spiro atoms. The van der Waals surface area contributed by atoms with Crippen molar-refractivity contribution in [1.82, 2.24) is 9.55 Å². The van der Waals surface area contributed by atoms with E-state index in [0.717, 1.165) is 0 Å². The Kier molecular flexibility index (Phi) is 3.50. The quantitative estimate of drug-likeness (QED) is 0.406. The lowest BCUT2D eigenvalue weighted by molar-refractivity contribution is -0.0539. The van der Waals surface area contributed by atoms with Crippen LogP contribution in [0.5, 0.6) is 0 Å². The number of nitrogens with zero attached hydrogens (tertiary/aromatic N) is 2. The van der Waals surface area contributed by atoms with Crippen LogP contribution in [-0.2, 0) is 4.74 Å². The highest BCUT2D eigenvalue weighted by Crippen LogP contribution is 2.30. The van der Waals surface area contributed by atoms with E-state index in [4.69, 9.17) is 33.5 Å². The molecule has 2 rings (SSSR count). The third kappa shape index (κ3) is 2.06. The molecule has 100 valence electrons. The predicted octanol–water partition coefficient (Wildman–Crippen LogP) is -1.61. The largest absolute Gasteiger partial charge is 0.395 e. The molecule has 0 amide bonds. The molecular formula is C9H14N4O4S. The molecule has 1 saturated heterocycles. The third-order valence-corrected chi connectivity index (χ3v) is 3.10. The zero-order valence-electron chi connectivity index (χ0n) is 9.30. The molecule has 1 aromatic rings. The predicted molar refractivity (Wildman–Crippen MR) is 64.9 cm³/mol. The van der Waals surface area contributed by atoms with Gasteiger partial charge in [0.05, 0.1) is 12.3 Å². The summed E-state index contributed by atoms with van der Waals surface area (Å²) in [6.07, 6.45) is -2.91. The maximum absolute atomic E-state index is 9.84. The zero-order chi connectivity index (χ0) is 13.4. The van der Waals surface area contributed by atoms with Crippen LogP contribution in [-0.4, -0.2) is 49.8 Å².